The first-order valence-corrected chi connectivity index (χ1v) is 17.2. The van der Waals surface area contributed by atoms with Crippen molar-refractivity contribution in [3.05, 3.63) is 0 Å². The van der Waals surface area contributed by atoms with Crippen molar-refractivity contribution >= 4 is 23.6 Å². The fourth-order valence-corrected chi connectivity index (χ4v) is 8.67. The Balaban J connectivity index is 1.86. The lowest BCUT2D eigenvalue weighted by Gasteiger charge is -2.47. The quantitative estimate of drug-likeness (QED) is 0.341. The summed E-state index contributed by atoms with van der Waals surface area (Å²) < 4.78 is 31.3. The maximum Gasteiger partial charge on any atom is 0.411 e. The number of fused-ring (bicyclic) bond motifs is 1. The highest BCUT2D eigenvalue weighted by atomic mass is 16.7. The molecule has 0 aliphatic carbocycles. The molecule has 0 aromatic heterocycles. The van der Waals surface area contributed by atoms with E-state index in [-0.39, 0.29) is 29.8 Å². The van der Waals surface area contributed by atoms with Crippen LogP contribution in [0.4, 0.5) is 4.79 Å². The summed E-state index contributed by atoms with van der Waals surface area (Å²) in [5.74, 6) is -3.52. The molecule has 1 N–H and O–H groups in total. The smallest absolute Gasteiger partial charge is 0.411 e. The van der Waals surface area contributed by atoms with Gasteiger partial charge in [-0.25, -0.2) is 4.79 Å². The second-order valence-corrected chi connectivity index (χ2v) is 15.8. The van der Waals surface area contributed by atoms with Gasteiger partial charge in [-0.05, 0) is 80.8 Å². The predicted octanol–water partition coefficient (Wildman–Crippen LogP) is 3.85. The average Bonchev–Trinajstić information content (AvgIpc) is 3.17. The fraction of sp³-hybridized carbons (Fsp3) is 0.886. The van der Waals surface area contributed by atoms with Gasteiger partial charge in [0.25, 0.3) is 0 Å². The van der Waals surface area contributed by atoms with Crippen molar-refractivity contribution < 1.29 is 43.2 Å². The Morgan fingerprint density at radius 2 is 1.68 bits per heavy atom. The lowest BCUT2D eigenvalue weighted by atomic mass is 9.73. The van der Waals surface area contributed by atoms with Gasteiger partial charge in [-0.2, -0.15) is 0 Å². The average molecular weight is 666 g/mol. The molecule has 0 saturated carbocycles. The summed E-state index contributed by atoms with van der Waals surface area (Å²) in [6, 6.07) is -0.697. The second-order valence-electron chi connectivity index (χ2n) is 15.8. The summed E-state index contributed by atoms with van der Waals surface area (Å²) in [6.45, 7) is 19.3. The minimum atomic E-state index is -1.18. The molecule has 12 heteroatoms. The maximum absolute atomic E-state index is 14.2. The zero-order valence-corrected chi connectivity index (χ0v) is 30.7. The molecule has 268 valence electrons. The summed E-state index contributed by atoms with van der Waals surface area (Å²) in [5.41, 5.74) is -2.01. The van der Waals surface area contributed by atoms with Crippen molar-refractivity contribution in [2.24, 2.45) is 28.7 Å². The van der Waals surface area contributed by atoms with Gasteiger partial charge in [0.15, 0.2) is 17.7 Å². The number of aliphatic hydroxyl groups excluding tert-OH is 1. The van der Waals surface area contributed by atoms with E-state index in [2.05, 4.69) is 13.8 Å². The van der Waals surface area contributed by atoms with Gasteiger partial charge in [0.2, 0.25) is 0 Å². The van der Waals surface area contributed by atoms with Crippen LogP contribution in [0.5, 0.6) is 0 Å². The van der Waals surface area contributed by atoms with Crippen LogP contribution in [0.3, 0.4) is 0 Å². The van der Waals surface area contributed by atoms with E-state index in [0.717, 1.165) is 5.71 Å². The minimum absolute atomic E-state index is 0.184. The van der Waals surface area contributed by atoms with Gasteiger partial charge in [-0.3, -0.25) is 19.5 Å². The number of methoxy groups -OCH3 is 1. The number of hydrogen-bond acceptors (Lipinski definition) is 11. The Morgan fingerprint density at radius 1 is 1.04 bits per heavy atom. The maximum atomic E-state index is 14.2. The molecular formula is C35H59N3O9. The van der Waals surface area contributed by atoms with E-state index in [4.69, 9.17) is 28.7 Å². The molecule has 4 heterocycles. The third-order valence-corrected chi connectivity index (χ3v) is 11.2. The highest BCUT2D eigenvalue weighted by Gasteiger charge is 2.61. The number of carbonyl (C=O) groups excluding carboxylic acids is 3. The van der Waals surface area contributed by atoms with Gasteiger partial charge in [-0.15, -0.1) is 0 Å². The number of likely N-dealkylation sites (N-methyl/N-ethyl adjacent to an activating group) is 1. The van der Waals surface area contributed by atoms with E-state index in [0.29, 0.717) is 25.8 Å². The van der Waals surface area contributed by atoms with E-state index >= 15 is 0 Å². The number of hydrogen-bond donors (Lipinski definition) is 1. The third-order valence-electron chi connectivity index (χ3n) is 11.2. The summed E-state index contributed by atoms with van der Waals surface area (Å²) in [7, 11) is 5.39. The van der Waals surface area contributed by atoms with Crippen LogP contribution >= 0.6 is 0 Å². The molecule has 12 nitrogen and oxygen atoms in total. The van der Waals surface area contributed by atoms with E-state index < -0.39 is 71.3 Å². The largest absolute Gasteiger partial charge is 0.458 e. The number of cyclic esters (lactones) is 1. The minimum Gasteiger partial charge on any atom is -0.458 e. The van der Waals surface area contributed by atoms with Gasteiger partial charge in [0.1, 0.15) is 18.1 Å². The van der Waals surface area contributed by atoms with Gasteiger partial charge < -0.3 is 33.7 Å². The van der Waals surface area contributed by atoms with Crippen LogP contribution in [0.1, 0.15) is 88.5 Å². The number of rotatable bonds is 5. The van der Waals surface area contributed by atoms with Crippen LogP contribution in [-0.4, -0.2) is 126 Å². The van der Waals surface area contributed by atoms with Crippen molar-refractivity contribution in [3.8, 4) is 0 Å². The first kappa shape index (κ1) is 37.7. The number of nitrogens with zero attached hydrogens (tertiary/aromatic N) is 3. The van der Waals surface area contributed by atoms with Crippen LogP contribution < -0.4 is 0 Å². The fourth-order valence-electron chi connectivity index (χ4n) is 8.67. The Labute approximate surface area is 280 Å². The molecule has 4 rings (SSSR count). The topological polar surface area (TPSA) is 136 Å². The van der Waals surface area contributed by atoms with Crippen LogP contribution in [0.15, 0.2) is 4.99 Å². The molecule has 3 saturated heterocycles. The number of esters is 1. The van der Waals surface area contributed by atoms with E-state index in [1.165, 1.54) is 6.92 Å². The summed E-state index contributed by atoms with van der Waals surface area (Å²) in [6.07, 6.45) is -3.01. The predicted molar refractivity (Wildman–Crippen MR) is 176 cm³/mol. The SMILES string of the molecule is CC[C@H]1OC(=O)[C@H](C)C(=O)[C@H](C)[C@@H](O[C@@H]2O[C@H](C)C[C@H](N(C)C)[C@H]2O)[C@@](C)(OC)C[C@@H](C)C2=NC(C)(C)CN3C(=O)O[C@@]1(C)[C@H]3[C@H]2C. The zero-order valence-electron chi connectivity index (χ0n) is 30.7. The first-order valence-electron chi connectivity index (χ1n) is 17.2. The molecule has 4 aliphatic heterocycles. The van der Waals surface area contributed by atoms with Gasteiger partial charge in [0.05, 0.1) is 29.4 Å². The normalized spacial score (nSPS) is 44.7. The molecule has 0 aromatic carbocycles. The molecule has 4 aliphatic rings. The van der Waals surface area contributed by atoms with Gasteiger partial charge >= 0.3 is 12.1 Å². The van der Waals surface area contributed by atoms with Gasteiger partial charge in [0, 0.05) is 37.2 Å². The Morgan fingerprint density at radius 3 is 2.26 bits per heavy atom. The molecule has 47 heavy (non-hydrogen) atoms. The number of aliphatic imine (C=N–C) groups is 1. The lowest BCUT2D eigenvalue weighted by Crippen LogP contribution is -2.60. The van der Waals surface area contributed by atoms with Crippen LogP contribution in [0.25, 0.3) is 0 Å². The van der Waals surface area contributed by atoms with Crippen molar-refractivity contribution in [3.63, 3.8) is 0 Å². The number of ketones is 1. The number of aliphatic hydroxyl groups is 1. The van der Waals surface area contributed by atoms with Crippen molar-refractivity contribution in [2.75, 3.05) is 27.7 Å². The van der Waals surface area contributed by atoms with Crippen molar-refractivity contribution in [2.45, 2.75) is 148 Å². The molecule has 0 spiro atoms. The molecule has 13 atom stereocenters. The molecule has 3 fully saturated rings. The second kappa shape index (κ2) is 13.7. The highest BCUT2D eigenvalue weighted by molar-refractivity contribution is 6.00. The van der Waals surface area contributed by atoms with E-state index in [1.54, 1.807) is 18.9 Å². The summed E-state index contributed by atoms with van der Waals surface area (Å²) in [4.78, 5) is 50.4. The van der Waals surface area contributed by atoms with E-state index in [1.807, 2.05) is 60.5 Å². The molecular weight excluding hydrogens is 606 g/mol. The molecule has 0 unspecified atom stereocenters. The Hall–Kier alpha value is -2.12. The van der Waals surface area contributed by atoms with Crippen molar-refractivity contribution in [1.82, 2.24) is 9.80 Å². The van der Waals surface area contributed by atoms with Gasteiger partial charge in [-0.1, -0.05) is 27.7 Å². The monoisotopic (exact) mass is 665 g/mol. The van der Waals surface area contributed by atoms with Crippen LogP contribution in [-0.2, 0) is 33.3 Å². The lowest BCUT2D eigenvalue weighted by molar-refractivity contribution is -0.295. The Kier molecular flexibility index (Phi) is 10.9. The number of ether oxygens (including phenoxy) is 5. The van der Waals surface area contributed by atoms with Crippen molar-refractivity contribution in [1.29, 1.82) is 0 Å². The molecule has 0 aromatic rings. The Bertz CT molecular complexity index is 1220. The summed E-state index contributed by atoms with van der Waals surface area (Å²) in [5, 5.41) is 11.4. The van der Waals surface area contributed by atoms with E-state index in [9.17, 15) is 19.5 Å². The molecule has 1 amide bonds. The highest BCUT2D eigenvalue weighted by Crippen LogP contribution is 2.45. The van der Waals surface area contributed by atoms with Crippen LogP contribution in [0, 0.1) is 23.7 Å². The number of carbonyl (C=O) groups is 3. The number of amides is 1. The zero-order chi connectivity index (χ0) is 35.4. The molecule has 0 radical (unpaired) electrons. The number of Topliss-reactive ketones (excluding diaryl/α,β-unsaturated/α-hetero) is 1. The summed E-state index contributed by atoms with van der Waals surface area (Å²) >= 11 is 0. The standard InChI is InChI=1S/C35H59N3O9/c1-14-24-35(10)28-20(4)25(36-33(7,8)17-38(28)32(42)47-35)18(2)16-34(9,43-13)29(21(5)26(39)22(6)30(41)45-24)46-31-27(40)23(37(11)12)15-19(3)44-31/h18-24,27-29,31,40H,14-17H2,1-13H3/t18-,19-,20+,21+,22-,23+,24-,27-,28-,29-,31+,34+,35-/m1/s1. The van der Waals surface area contributed by atoms with Crippen LogP contribution in [0.2, 0.25) is 0 Å². The third kappa shape index (κ3) is 7.00. The first-order chi connectivity index (χ1) is 21.7. The molecule has 2 bridgehead atoms.